The third kappa shape index (κ3) is 5.26. The van der Waals surface area contributed by atoms with E-state index in [1.807, 2.05) is 30.3 Å². The average molecular weight is 327 g/mol. The summed E-state index contributed by atoms with van der Waals surface area (Å²) in [5, 5.41) is 10.6. The highest BCUT2D eigenvalue weighted by atomic mass is 16.2. The molecule has 24 heavy (non-hydrogen) atoms. The molecule has 0 aliphatic rings. The highest BCUT2D eigenvalue weighted by Gasteiger charge is 2.11. The van der Waals surface area contributed by atoms with Crippen molar-refractivity contribution in [2.45, 2.75) is 45.3 Å². The smallest absolute Gasteiger partial charge is 0.316 e. The number of hydrogen-bond donors (Lipinski definition) is 3. The van der Waals surface area contributed by atoms with E-state index in [4.69, 9.17) is 0 Å². The van der Waals surface area contributed by atoms with Gasteiger partial charge in [0.15, 0.2) is 0 Å². The molecule has 2 aromatic rings. The number of carbonyl (C=O) groups excluding carboxylic acids is 2. The molecule has 3 N–H and O–H groups in total. The Morgan fingerprint density at radius 1 is 1.12 bits per heavy atom. The molecule has 0 heterocycles. The number of benzene rings is 2. The van der Waals surface area contributed by atoms with Gasteiger partial charge in [-0.2, -0.15) is 0 Å². The molecule has 0 aliphatic carbocycles. The molecule has 3 amide bonds. The first-order valence-corrected chi connectivity index (χ1v) is 8.45. The fraction of sp³-hybridized carbons (Fsp3) is 0.368. The largest absolute Gasteiger partial charge is 0.339 e. The third-order valence-electron chi connectivity index (χ3n) is 3.99. The van der Waals surface area contributed by atoms with Gasteiger partial charge in [0.25, 0.3) is 0 Å². The van der Waals surface area contributed by atoms with Crippen LogP contribution in [0.2, 0.25) is 0 Å². The van der Waals surface area contributed by atoms with Crippen molar-refractivity contribution in [3.05, 3.63) is 48.0 Å². The molecule has 0 radical (unpaired) electrons. The number of rotatable bonds is 9. The van der Waals surface area contributed by atoms with Crippen molar-refractivity contribution in [1.29, 1.82) is 0 Å². The van der Waals surface area contributed by atoms with Crippen LogP contribution in [-0.2, 0) is 11.3 Å². The van der Waals surface area contributed by atoms with Crippen molar-refractivity contribution in [1.82, 2.24) is 16.0 Å². The lowest BCUT2D eigenvalue weighted by molar-refractivity contribution is -0.110. The SMILES string of the molecule is CCCCCC(NC=O)NC(=O)NCc1cccc2ccccc12. The maximum atomic E-state index is 12.1. The highest BCUT2D eigenvalue weighted by Crippen LogP contribution is 2.18. The van der Waals surface area contributed by atoms with Crippen LogP contribution in [0.25, 0.3) is 10.8 Å². The Morgan fingerprint density at radius 2 is 1.92 bits per heavy atom. The predicted octanol–water partition coefficient (Wildman–Crippen LogP) is 3.29. The van der Waals surface area contributed by atoms with Gasteiger partial charge in [-0.05, 0) is 29.2 Å². The van der Waals surface area contributed by atoms with E-state index in [0.717, 1.165) is 42.0 Å². The molecule has 128 valence electrons. The van der Waals surface area contributed by atoms with E-state index in [0.29, 0.717) is 13.0 Å². The van der Waals surface area contributed by atoms with Gasteiger partial charge >= 0.3 is 6.03 Å². The minimum absolute atomic E-state index is 0.279. The lowest BCUT2D eigenvalue weighted by Gasteiger charge is -2.18. The Bertz CT molecular complexity index is 667. The maximum Gasteiger partial charge on any atom is 0.316 e. The molecule has 5 nitrogen and oxygen atoms in total. The summed E-state index contributed by atoms with van der Waals surface area (Å²) < 4.78 is 0. The summed E-state index contributed by atoms with van der Waals surface area (Å²) in [6, 6.07) is 13.9. The fourth-order valence-corrected chi connectivity index (χ4v) is 2.71. The van der Waals surface area contributed by atoms with Crippen LogP contribution in [0, 0.1) is 0 Å². The highest BCUT2D eigenvalue weighted by molar-refractivity contribution is 5.86. The molecule has 0 aromatic heterocycles. The Labute approximate surface area is 142 Å². The molecule has 0 saturated heterocycles. The Kier molecular flexibility index (Phi) is 7.08. The summed E-state index contributed by atoms with van der Waals surface area (Å²) in [5.41, 5.74) is 1.06. The minimum atomic E-state index is -0.332. The van der Waals surface area contributed by atoms with Crippen molar-refractivity contribution >= 4 is 23.2 Å². The molecule has 1 unspecified atom stereocenters. The zero-order valence-corrected chi connectivity index (χ0v) is 14.0. The van der Waals surface area contributed by atoms with Crippen LogP contribution in [0.3, 0.4) is 0 Å². The average Bonchev–Trinajstić information content (AvgIpc) is 2.60. The van der Waals surface area contributed by atoms with Crippen LogP contribution in [0.4, 0.5) is 4.79 Å². The molecular formula is C19H25N3O2. The molecule has 2 rings (SSSR count). The van der Waals surface area contributed by atoms with Crippen LogP contribution < -0.4 is 16.0 Å². The van der Waals surface area contributed by atoms with E-state index >= 15 is 0 Å². The lowest BCUT2D eigenvalue weighted by Crippen LogP contribution is -2.48. The lowest BCUT2D eigenvalue weighted by atomic mass is 10.0. The molecule has 0 fully saturated rings. The van der Waals surface area contributed by atoms with Gasteiger partial charge in [-0.15, -0.1) is 0 Å². The summed E-state index contributed by atoms with van der Waals surface area (Å²) in [4.78, 5) is 22.8. The number of urea groups is 1. The molecule has 0 spiro atoms. The normalized spacial score (nSPS) is 11.7. The van der Waals surface area contributed by atoms with Gasteiger partial charge in [0, 0.05) is 6.54 Å². The van der Waals surface area contributed by atoms with Crippen LogP contribution in [0.5, 0.6) is 0 Å². The van der Waals surface area contributed by atoms with Crippen molar-refractivity contribution in [2.24, 2.45) is 0 Å². The van der Waals surface area contributed by atoms with Crippen LogP contribution in [0.1, 0.15) is 38.2 Å². The number of hydrogen-bond acceptors (Lipinski definition) is 2. The second-order valence-corrected chi connectivity index (χ2v) is 5.80. The molecule has 0 bridgehead atoms. The Morgan fingerprint density at radius 3 is 2.71 bits per heavy atom. The first kappa shape index (κ1) is 17.8. The predicted molar refractivity (Wildman–Crippen MR) is 96.4 cm³/mol. The van der Waals surface area contributed by atoms with Gasteiger partial charge in [-0.25, -0.2) is 4.79 Å². The zero-order chi connectivity index (χ0) is 17.2. The third-order valence-corrected chi connectivity index (χ3v) is 3.99. The molecular weight excluding hydrogens is 302 g/mol. The molecule has 0 saturated carbocycles. The van der Waals surface area contributed by atoms with E-state index in [9.17, 15) is 9.59 Å². The molecule has 1 atom stereocenters. The second kappa shape index (κ2) is 9.55. The maximum absolute atomic E-state index is 12.1. The second-order valence-electron chi connectivity index (χ2n) is 5.80. The van der Waals surface area contributed by atoms with Crippen molar-refractivity contribution in [2.75, 3.05) is 0 Å². The summed E-state index contributed by atoms with van der Waals surface area (Å²) in [6.07, 6.45) is 4.17. The van der Waals surface area contributed by atoms with Gasteiger partial charge < -0.3 is 16.0 Å². The van der Waals surface area contributed by atoms with Crippen LogP contribution in [-0.4, -0.2) is 18.6 Å². The summed E-state index contributed by atoms with van der Waals surface area (Å²) in [7, 11) is 0. The van der Waals surface area contributed by atoms with Gasteiger partial charge in [0.1, 0.15) is 6.17 Å². The van der Waals surface area contributed by atoms with Crippen molar-refractivity contribution < 1.29 is 9.59 Å². The quantitative estimate of drug-likeness (QED) is 0.376. The Balaban J connectivity index is 1.90. The summed E-state index contributed by atoms with van der Waals surface area (Å²) in [5.74, 6) is 0. The first-order chi connectivity index (χ1) is 11.7. The molecule has 0 aliphatic heterocycles. The zero-order valence-electron chi connectivity index (χ0n) is 14.0. The van der Waals surface area contributed by atoms with Gasteiger partial charge in [-0.3, -0.25) is 4.79 Å². The molecule has 5 heteroatoms. The Hall–Kier alpha value is -2.56. The number of nitrogens with one attached hydrogen (secondary N) is 3. The summed E-state index contributed by atoms with van der Waals surface area (Å²) in [6.45, 7) is 2.56. The number of amides is 3. The number of fused-ring (bicyclic) bond motifs is 1. The van der Waals surface area contributed by atoms with Crippen molar-refractivity contribution in [3.8, 4) is 0 Å². The number of unbranched alkanes of at least 4 members (excludes halogenated alkanes) is 2. The van der Waals surface area contributed by atoms with E-state index < -0.39 is 0 Å². The van der Waals surface area contributed by atoms with Gasteiger partial charge in [-0.1, -0.05) is 62.2 Å². The van der Waals surface area contributed by atoms with E-state index in [-0.39, 0.29) is 12.2 Å². The van der Waals surface area contributed by atoms with E-state index in [2.05, 4.69) is 35.0 Å². The first-order valence-electron chi connectivity index (χ1n) is 8.45. The number of carbonyl (C=O) groups is 2. The molecule has 2 aromatic carbocycles. The van der Waals surface area contributed by atoms with Gasteiger partial charge in [0.2, 0.25) is 6.41 Å². The summed E-state index contributed by atoms with van der Waals surface area (Å²) >= 11 is 0. The van der Waals surface area contributed by atoms with Gasteiger partial charge in [0.05, 0.1) is 0 Å². The monoisotopic (exact) mass is 327 g/mol. The van der Waals surface area contributed by atoms with Crippen LogP contribution in [0.15, 0.2) is 42.5 Å². The van der Waals surface area contributed by atoms with E-state index in [1.165, 1.54) is 0 Å². The van der Waals surface area contributed by atoms with E-state index in [1.54, 1.807) is 0 Å². The van der Waals surface area contributed by atoms with Crippen molar-refractivity contribution in [3.63, 3.8) is 0 Å². The minimum Gasteiger partial charge on any atom is -0.339 e. The fourth-order valence-electron chi connectivity index (χ4n) is 2.71. The van der Waals surface area contributed by atoms with Crippen LogP contribution >= 0.6 is 0 Å². The standard InChI is InChI=1S/C19H25N3O2/c1-2-3-4-12-18(21-14-23)22-19(24)20-13-16-10-7-9-15-8-5-6-11-17(15)16/h5-11,14,18H,2-4,12-13H2,1H3,(H,21,23)(H2,20,22,24). The topological polar surface area (TPSA) is 70.2 Å².